The minimum absolute atomic E-state index is 0.0521. The Morgan fingerprint density at radius 1 is 1.37 bits per heavy atom. The van der Waals surface area contributed by atoms with E-state index in [1.165, 1.54) is 0 Å². The van der Waals surface area contributed by atoms with E-state index in [1.807, 2.05) is 26.8 Å². The van der Waals surface area contributed by atoms with E-state index in [0.717, 1.165) is 30.8 Å². The Hall–Kier alpha value is -0.0900. The molecule has 0 aliphatic heterocycles. The zero-order chi connectivity index (χ0) is 14.9. The molecule has 0 heterocycles. The van der Waals surface area contributed by atoms with Gasteiger partial charge in [0.15, 0.2) is 0 Å². The van der Waals surface area contributed by atoms with Gasteiger partial charge in [-0.25, -0.2) is 0 Å². The zero-order valence-electron chi connectivity index (χ0n) is 13.3. The van der Waals surface area contributed by atoms with Crippen LogP contribution < -0.4 is 0 Å². The van der Waals surface area contributed by atoms with E-state index in [1.54, 1.807) is 7.11 Å². The molecular formula is C15H30ClNO2. The Morgan fingerprint density at radius 2 is 2.00 bits per heavy atom. The first-order valence-corrected chi connectivity index (χ1v) is 7.53. The van der Waals surface area contributed by atoms with Gasteiger partial charge in [-0.05, 0) is 33.6 Å². The van der Waals surface area contributed by atoms with Gasteiger partial charge in [-0.1, -0.05) is 37.9 Å². The molecule has 1 atom stereocenters. The number of hydrogen-bond acceptors (Lipinski definition) is 3. The second kappa shape index (κ2) is 9.76. The van der Waals surface area contributed by atoms with Crippen LogP contribution in [0.15, 0.2) is 11.1 Å². The standard InChI is InChI=1S/C15H30ClNO2/c1-7-9-11-17(13(3)18-6)12-19-15(4,5)14(16)10-8-2/h10,13H,7-9,11-12H2,1-6H3/b14-10+. The largest absolute Gasteiger partial charge is 0.367 e. The molecule has 3 nitrogen and oxygen atoms in total. The molecule has 0 fully saturated rings. The van der Waals surface area contributed by atoms with Gasteiger partial charge in [0.05, 0.1) is 5.60 Å². The normalized spacial score (nSPS) is 15.1. The topological polar surface area (TPSA) is 21.7 Å². The van der Waals surface area contributed by atoms with Gasteiger partial charge in [-0.3, -0.25) is 4.90 Å². The predicted molar refractivity (Wildman–Crippen MR) is 82.3 cm³/mol. The minimum atomic E-state index is -0.449. The van der Waals surface area contributed by atoms with Crippen molar-refractivity contribution in [3.05, 3.63) is 11.1 Å². The van der Waals surface area contributed by atoms with Gasteiger partial charge in [0, 0.05) is 18.7 Å². The maximum atomic E-state index is 6.26. The SMILES string of the molecule is CC/C=C(/Cl)C(C)(C)OCN(CCCC)C(C)OC. The molecule has 0 aromatic rings. The highest BCUT2D eigenvalue weighted by Crippen LogP contribution is 2.25. The molecule has 0 spiro atoms. The number of nitrogens with zero attached hydrogens (tertiary/aromatic N) is 1. The van der Waals surface area contributed by atoms with E-state index >= 15 is 0 Å². The van der Waals surface area contributed by atoms with Crippen LogP contribution in [0.4, 0.5) is 0 Å². The van der Waals surface area contributed by atoms with E-state index in [4.69, 9.17) is 21.1 Å². The maximum Gasteiger partial charge on any atom is 0.109 e. The maximum absolute atomic E-state index is 6.26. The number of methoxy groups -OCH3 is 1. The molecule has 0 aliphatic carbocycles. The van der Waals surface area contributed by atoms with Crippen LogP contribution >= 0.6 is 11.6 Å². The van der Waals surface area contributed by atoms with Crippen molar-refractivity contribution in [2.75, 3.05) is 20.4 Å². The number of ether oxygens (including phenoxy) is 2. The molecule has 0 radical (unpaired) electrons. The van der Waals surface area contributed by atoms with E-state index in [2.05, 4.69) is 18.7 Å². The van der Waals surface area contributed by atoms with Crippen molar-refractivity contribution in [1.29, 1.82) is 0 Å². The second-order valence-electron chi connectivity index (χ2n) is 5.24. The molecular weight excluding hydrogens is 262 g/mol. The van der Waals surface area contributed by atoms with Crippen molar-refractivity contribution in [1.82, 2.24) is 4.90 Å². The lowest BCUT2D eigenvalue weighted by Crippen LogP contribution is -2.40. The van der Waals surface area contributed by atoms with Gasteiger partial charge < -0.3 is 9.47 Å². The first-order chi connectivity index (χ1) is 8.88. The Kier molecular flexibility index (Phi) is 9.71. The Bertz CT molecular complexity index is 267. The summed E-state index contributed by atoms with van der Waals surface area (Å²) in [5.41, 5.74) is -0.449. The third kappa shape index (κ3) is 7.31. The van der Waals surface area contributed by atoms with Crippen LogP contribution in [0.2, 0.25) is 0 Å². The number of hydrogen-bond donors (Lipinski definition) is 0. The quantitative estimate of drug-likeness (QED) is 0.558. The molecule has 0 saturated carbocycles. The third-order valence-corrected chi connectivity index (χ3v) is 3.81. The molecule has 1 unspecified atom stereocenters. The molecule has 114 valence electrons. The highest BCUT2D eigenvalue weighted by atomic mass is 35.5. The number of rotatable bonds is 10. The Morgan fingerprint density at radius 3 is 2.47 bits per heavy atom. The van der Waals surface area contributed by atoms with Gasteiger partial charge >= 0.3 is 0 Å². The van der Waals surface area contributed by atoms with Crippen molar-refractivity contribution in [2.45, 2.75) is 65.7 Å². The first-order valence-electron chi connectivity index (χ1n) is 7.15. The van der Waals surface area contributed by atoms with Crippen LogP contribution in [0.5, 0.6) is 0 Å². The Labute approximate surface area is 123 Å². The molecule has 0 rings (SSSR count). The summed E-state index contributed by atoms with van der Waals surface area (Å²) in [6.45, 7) is 11.8. The highest BCUT2D eigenvalue weighted by molar-refractivity contribution is 6.30. The summed E-state index contributed by atoms with van der Waals surface area (Å²) in [5, 5.41) is 0.760. The summed E-state index contributed by atoms with van der Waals surface area (Å²) in [7, 11) is 1.72. The number of allylic oxidation sites excluding steroid dienone is 1. The van der Waals surface area contributed by atoms with Crippen LogP contribution in [-0.2, 0) is 9.47 Å². The molecule has 0 aliphatic rings. The third-order valence-electron chi connectivity index (χ3n) is 3.20. The van der Waals surface area contributed by atoms with E-state index in [0.29, 0.717) is 6.73 Å². The summed E-state index contributed by atoms with van der Waals surface area (Å²) in [6.07, 6.45) is 5.26. The van der Waals surface area contributed by atoms with Gasteiger partial charge in [0.25, 0.3) is 0 Å². The summed E-state index contributed by atoms with van der Waals surface area (Å²) >= 11 is 6.26. The average molecular weight is 292 g/mol. The molecule has 0 bridgehead atoms. The van der Waals surface area contributed by atoms with Crippen LogP contribution in [0.1, 0.15) is 53.9 Å². The lowest BCUT2D eigenvalue weighted by molar-refractivity contribution is -0.115. The molecule has 0 saturated heterocycles. The smallest absolute Gasteiger partial charge is 0.109 e. The Balaban J connectivity index is 4.48. The fraction of sp³-hybridized carbons (Fsp3) is 0.867. The van der Waals surface area contributed by atoms with Crippen LogP contribution in [0.25, 0.3) is 0 Å². The summed E-state index contributed by atoms with van der Waals surface area (Å²) < 4.78 is 11.4. The van der Waals surface area contributed by atoms with Crippen molar-refractivity contribution < 1.29 is 9.47 Å². The summed E-state index contributed by atoms with van der Waals surface area (Å²) in [4.78, 5) is 2.18. The number of halogens is 1. The molecule has 4 heteroatoms. The van der Waals surface area contributed by atoms with Crippen molar-refractivity contribution in [3.63, 3.8) is 0 Å². The number of unbranched alkanes of at least 4 members (excludes halogenated alkanes) is 1. The van der Waals surface area contributed by atoms with Gasteiger partial charge in [-0.15, -0.1) is 0 Å². The molecule has 0 aromatic carbocycles. The van der Waals surface area contributed by atoms with Gasteiger partial charge in [-0.2, -0.15) is 0 Å². The van der Waals surface area contributed by atoms with Crippen LogP contribution in [-0.4, -0.2) is 37.1 Å². The second-order valence-corrected chi connectivity index (χ2v) is 5.65. The van der Waals surface area contributed by atoms with Crippen molar-refractivity contribution in [3.8, 4) is 0 Å². The zero-order valence-corrected chi connectivity index (χ0v) is 14.1. The van der Waals surface area contributed by atoms with Crippen LogP contribution in [0.3, 0.4) is 0 Å². The molecule has 0 amide bonds. The summed E-state index contributed by atoms with van der Waals surface area (Å²) in [5.74, 6) is 0. The lowest BCUT2D eigenvalue weighted by Gasteiger charge is -2.32. The minimum Gasteiger partial charge on any atom is -0.367 e. The van der Waals surface area contributed by atoms with E-state index in [9.17, 15) is 0 Å². The monoisotopic (exact) mass is 291 g/mol. The average Bonchev–Trinajstić information content (AvgIpc) is 2.38. The highest BCUT2D eigenvalue weighted by Gasteiger charge is 2.24. The van der Waals surface area contributed by atoms with E-state index < -0.39 is 5.60 Å². The van der Waals surface area contributed by atoms with Crippen molar-refractivity contribution in [2.24, 2.45) is 0 Å². The lowest BCUT2D eigenvalue weighted by atomic mass is 10.1. The fourth-order valence-electron chi connectivity index (χ4n) is 1.60. The fourth-order valence-corrected chi connectivity index (χ4v) is 1.81. The van der Waals surface area contributed by atoms with Gasteiger partial charge in [0.1, 0.15) is 13.0 Å². The summed E-state index contributed by atoms with van der Waals surface area (Å²) in [6, 6.07) is 0. The molecule has 19 heavy (non-hydrogen) atoms. The van der Waals surface area contributed by atoms with Gasteiger partial charge in [0.2, 0.25) is 0 Å². The molecule has 0 aromatic heterocycles. The molecule has 0 N–H and O–H groups in total. The predicted octanol–water partition coefficient (Wildman–Crippen LogP) is 4.37. The van der Waals surface area contributed by atoms with Crippen molar-refractivity contribution >= 4 is 11.6 Å². The van der Waals surface area contributed by atoms with E-state index in [-0.39, 0.29) is 6.23 Å². The first kappa shape index (κ1) is 18.9. The van der Waals surface area contributed by atoms with Crippen LogP contribution in [0, 0.1) is 0 Å².